The molecule has 0 amide bonds. The second-order valence-electron chi connectivity index (χ2n) is 3.11. The molecule has 0 saturated carbocycles. The molecule has 0 heterocycles. The van der Waals surface area contributed by atoms with Gasteiger partial charge in [-0.05, 0) is 12.1 Å². The first-order chi connectivity index (χ1) is 7.26. The molecular weight excluding hydrogens is 272 g/mol. The van der Waals surface area contributed by atoms with Crippen LogP contribution in [0.3, 0.4) is 0 Å². The quantitative estimate of drug-likeness (QED) is 0.789. The van der Waals surface area contributed by atoms with Crippen molar-refractivity contribution in [3.8, 4) is 0 Å². The third kappa shape index (κ3) is 3.18. The molecular formula is C8H11ClN2O3S2. The fraction of sp³-hybridized carbons (Fsp3) is 0.250. The maximum atomic E-state index is 12.4. The van der Waals surface area contributed by atoms with Gasteiger partial charge >= 0.3 is 9.24 Å². The summed E-state index contributed by atoms with van der Waals surface area (Å²) < 4.78 is 38.7. The first-order valence-corrected chi connectivity index (χ1v) is 7.95. The van der Waals surface area contributed by atoms with E-state index in [2.05, 4.69) is 3.77 Å². The van der Waals surface area contributed by atoms with Gasteiger partial charge in [0.25, 0.3) is 0 Å². The third-order valence-electron chi connectivity index (χ3n) is 1.74. The van der Waals surface area contributed by atoms with Crippen LogP contribution < -0.4 is 0 Å². The zero-order chi connectivity index (χ0) is 12.4. The van der Waals surface area contributed by atoms with E-state index in [-0.39, 0.29) is 0 Å². The fourth-order valence-corrected chi connectivity index (χ4v) is 4.50. The Morgan fingerprint density at radius 3 is 2.00 bits per heavy atom. The molecule has 0 fully saturated rings. The van der Waals surface area contributed by atoms with E-state index in [0.29, 0.717) is 4.90 Å². The van der Waals surface area contributed by atoms with Crippen molar-refractivity contribution in [1.82, 2.24) is 4.31 Å². The molecule has 0 saturated heterocycles. The van der Waals surface area contributed by atoms with Crippen LogP contribution in [0.5, 0.6) is 0 Å². The average molecular weight is 283 g/mol. The maximum absolute atomic E-state index is 12.4. The number of hydrogen-bond acceptors (Lipinski definition) is 3. The van der Waals surface area contributed by atoms with E-state index in [1.165, 1.54) is 30.5 Å². The van der Waals surface area contributed by atoms with E-state index in [1.807, 2.05) is 0 Å². The van der Waals surface area contributed by atoms with Gasteiger partial charge in [-0.2, -0.15) is 8.42 Å². The number of rotatable bonds is 3. The lowest BCUT2D eigenvalue weighted by molar-refractivity contribution is 0.589. The largest absolute Gasteiger partial charge is 0.348 e. The molecule has 0 radical (unpaired) electrons. The molecule has 1 aromatic carbocycles. The Morgan fingerprint density at radius 2 is 1.62 bits per heavy atom. The standard InChI is InChI=1S/C8H11ClN2O3S2/c1-11(2)15(12,10-16(9,13)14)8-6-4-3-5-7-8/h3-7H,1-2H3. The Morgan fingerprint density at radius 1 is 1.12 bits per heavy atom. The summed E-state index contributed by atoms with van der Waals surface area (Å²) in [7, 11) is 0.559. The summed E-state index contributed by atoms with van der Waals surface area (Å²) >= 11 is 0. The summed E-state index contributed by atoms with van der Waals surface area (Å²) in [6.45, 7) is 0. The first kappa shape index (κ1) is 13.4. The molecule has 90 valence electrons. The van der Waals surface area contributed by atoms with Crippen molar-refractivity contribution in [3.05, 3.63) is 30.3 Å². The lowest BCUT2D eigenvalue weighted by Crippen LogP contribution is -2.22. The summed E-state index contributed by atoms with van der Waals surface area (Å²) in [5.74, 6) is 0. The Hall–Kier alpha value is -0.630. The second kappa shape index (κ2) is 4.70. The number of halogens is 1. The molecule has 5 nitrogen and oxygen atoms in total. The molecule has 1 rings (SSSR count). The molecule has 8 heteroatoms. The molecule has 1 atom stereocenters. The van der Waals surface area contributed by atoms with E-state index in [9.17, 15) is 12.6 Å². The minimum absolute atomic E-state index is 0.296. The highest BCUT2D eigenvalue weighted by Crippen LogP contribution is 2.18. The van der Waals surface area contributed by atoms with Crippen LogP contribution >= 0.6 is 10.7 Å². The molecule has 1 unspecified atom stereocenters. The van der Waals surface area contributed by atoms with E-state index in [4.69, 9.17) is 10.7 Å². The minimum atomic E-state index is -4.19. The molecule has 0 N–H and O–H groups in total. The molecule has 0 aromatic heterocycles. The van der Waals surface area contributed by atoms with Crippen LogP contribution in [0.4, 0.5) is 0 Å². The van der Waals surface area contributed by atoms with Gasteiger partial charge in [-0.3, -0.25) is 0 Å². The first-order valence-electron chi connectivity index (χ1n) is 4.21. The third-order valence-corrected chi connectivity index (χ3v) is 5.64. The molecule has 0 aliphatic heterocycles. The zero-order valence-corrected chi connectivity index (χ0v) is 11.1. The number of nitrogens with zero attached hydrogens (tertiary/aromatic N) is 2. The molecule has 0 bridgehead atoms. The van der Waals surface area contributed by atoms with Crippen LogP contribution in [-0.2, 0) is 19.2 Å². The summed E-state index contributed by atoms with van der Waals surface area (Å²) in [5.41, 5.74) is 0. The van der Waals surface area contributed by atoms with Gasteiger partial charge in [-0.15, -0.1) is 0 Å². The van der Waals surface area contributed by atoms with Gasteiger partial charge in [0.1, 0.15) is 0 Å². The highest BCUT2D eigenvalue weighted by molar-refractivity contribution is 8.16. The van der Waals surface area contributed by atoms with Crippen LogP contribution in [0.25, 0.3) is 0 Å². The predicted octanol–water partition coefficient (Wildman–Crippen LogP) is 1.47. The molecule has 1 aromatic rings. The van der Waals surface area contributed by atoms with Crippen molar-refractivity contribution in [1.29, 1.82) is 0 Å². The van der Waals surface area contributed by atoms with Gasteiger partial charge in [0.2, 0.25) is 0 Å². The van der Waals surface area contributed by atoms with Gasteiger partial charge in [-0.25, -0.2) is 8.51 Å². The van der Waals surface area contributed by atoms with E-state index in [0.717, 1.165) is 0 Å². The van der Waals surface area contributed by atoms with Gasteiger partial charge in [0.15, 0.2) is 9.92 Å². The molecule has 16 heavy (non-hydrogen) atoms. The van der Waals surface area contributed by atoms with Gasteiger partial charge < -0.3 is 0 Å². The van der Waals surface area contributed by atoms with E-state index >= 15 is 0 Å². The van der Waals surface area contributed by atoms with Crippen molar-refractivity contribution < 1.29 is 12.6 Å². The van der Waals surface area contributed by atoms with E-state index < -0.39 is 19.2 Å². The van der Waals surface area contributed by atoms with Crippen LogP contribution in [0.1, 0.15) is 0 Å². The lowest BCUT2D eigenvalue weighted by atomic mass is 10.4. The van der Waals surface area contributed by atoms with Gasteiger partial charge in [0.05, 0.1) is 4.90 Å². The molecule has 0 aliphatic carbocycles. The van der Waals surface area contributed by atoms with Crippen LogP contribution in [0.2, 0.25) is 0 Å². The van der Waals surface area contributed by atoms with Crippen molar-refractivity contribution in [2.24, 2.45) is 3.77 Å². The van der Waals surface area contributed by atoms with Crippen molar-refractivity contribution in [2.45, 2.75) is 4.90 Å². The summed E-state index contributed by atoms with van der Waals surface area (Å²) in [6, 6.07) is 8.10. The maximum Gasteiger partial charge on any atom is 0.348 e. The fourth-order valence-electron chi connectivity index (χ4n) is 1.04. The zero-order valence-electron chi connectivity index (χ0n) is 8.70. The van der Waals surface area contributed by atoms with Crippen LogP contribution in [0, 0.1) is 0 Å². The normalized spacial score (nSPS) is 15.8. The van der Waals surface area contributed by atoms with E-state index in [1.54, 1.807) is 18.2 Å². The van der Waals surface area contributed by atoms with Crippen LogP contribution in [-0.4, -0.2) is 31.0 Å². The Balaban J connectivity index is 3.54. The van der Waals surface area contributed by atoms with Crippen LogP contribution in [0.15, 0.2) is 39.0 Å². The number of benzene rings is 1. The van der Waals surface area contributed by atoms with Crippen molar-refractivity contribution >= 4 is 29.8 Å². The Labute approximate surface area is 99.9 Å². The molecule has 0 spiro atoms. The SMILES string of the molecule is CN(C)S(=O)(=NS(=O)(=O)Cl)c1ccccc1. The molecule has 0 aliphatic rings. The monoisotopic (exact) mass is 282 g/mol. The lowest BCUT2D eigenvalue weighted by Gasteiger charge is -2.15. The second-order valence-corrected chi connectivity index (χ2v) is 7.89. The van der Waals surface area contributed by atoms with Crippen molar-refractivity contribution in [3.63, 3.8) is 0 Å². The Bertz CT molecular complexity index is 575. The highest BCUT2D eigenvalue weighted by atomic mass is 35.7. The number of hydrogen-bond donors (Lipinski definition) is 0. The predicted molar refractivity (Wildman–Crippen MR) is 63.7 cm³/mol. The minimum Gasteiger partial charge on any atom is -0.227 e. The summed E-state index contributed by atoms with van der Waals surface area (Å²) in [4.78, 5) is 0.296. The summed E-state index contributed by atoms with van der Waals surface area (Å²) in [6.07, 6.45) is 0. The van der Waals surface area contributed by atoms with Crippen molar-refractivity contribution in [2.75, 3.05) is 14.1 Å². The van der Waals surface area contributed by atoms with Gasteiger partial charge in [-0.1, -0.05) is 22.0 Å². The Kier molecular flexibility index (Phi) is 3.95. The summed E-state index contributed by atoms with van der Waals surface area (Å²) in [5, 5.41) is 0. The highest BCUT2D eigenvalue weighted by Gasteiger charge is 2.19. The topological polar surface area (TPSA) is 66.8 Å². The smallest absolute Gasteiger partial charge is 0.227 e. The van der Waals surface area contributed by atoms with Gasteiger partial charge in [0, 0.05) is 24.8 Å². The average Bonchev–Trinajstić information content (AvgIpc) is 2.16.